The monoisotopic (exact) mass is 289 g/mol. The number of hydrogen-bond donors (Lipinski definition) is 1. The molecule has 0 aliphatic heterocycles. The van der Waals surface area contributed by atoms with E-state index in [-0.39, 0.29) is 0 Å². The summed E-state index contributed by atoms with van der Waals surface area (Å²) < 4.78 is 2.19. The van der Waals surface area contributed by atoms with Crippen LogP contribution >= 0.6 is 11.3 Å². The van der Waals surface area contributed by atoms with Gasteiger partial charge in [0.25, 0.3) is 0 Å². The molecule has 2 aromatic rings. The van der Waals surface area contributed by atoms with Gasteiger partial charge in [0.05, 0.1) is 11.7 Å². The Kier molecular flexibility index (Phi) is 4.22. The number of nitrogens with zero attached hydrogens (tertiary/aromatic N) is 2. The summed E-state index contributed by atoms with van der Waals surface area (Å²) in [6.45, 7) is 2.19. The van der Waals surface area contributed by atoms with E-state index in [1.54, 1.807) is 0 Å². The summed E-state index contributed by atoms with van der Waals surface area (Å²) in [7, 11) is 2.04. The normalized spacial score (nSPS) is 17.7. The first-order valence-corrected chi connectivity index (χ1v) is 8.41. The minimum Gasteiger partial charge on any atom is -0.312 e. The van der Waals surface area contributed by atoms with Crippen molar-refractivity contribution in [3.63, 3.8) is 0 Å². The summed E-state index contributed by atoms with van der Waals surface area (Å²) in [5, 5.41) is 10.4. The van der Waals surface area contributed by atoms with Crippen molar-refractivity contribution in [2.45, 2.75) is 51.1 Å². The van der Waals surface area contributed by atoms with Gasteiger partial charge < -0.3 is 5.32 Å². The Morgan fingerprint density at radius 2 is 2.20 bits per heavy atom. The van der Waals surface area contributed by atoms with Gasteiger partial charge in [-0.25, -0.2) is 0 Å². The van der Waals surface area contributed by atoms with Crippen molar-refractivity contribution in [1.29, 1.82) is 0 Å². The van der Waals surface area contributed by atoms with Gasteiger partial charge in [-0.05, 0) is 49.9 Å². The average molecular weight is 289 g/mol. The minimum atomic E-state index is 0.377. The van der Waals surface area contributed by atoms with Crippen molar-refractivity contribution >= 4 is 11.3 Å². The minimum absolute atomic E-state index is 0.377. The molecule has 1 atom stereocenters. The summed E-state index contributed by atoms with van der Waals surface area (Å²) in [6, 6.07) is 5.40. The fourth-order valence-corrected chi connectivity index (χ4v) is 4.17. The fraction of sp³-hybridized carbons (Fsp3) is 0.562. The zero-order valence-corrected chi connectivity index (χ0v) is 13.1. The molecule has 1 fully saturated rings. The van der Waals surface area contributed by atoms with Crippen LogP contribution in [0.5, 0.6) is 0 Å². The number of aromatic nitrogens is 2. The summed E-state index contributed by atoms with van der Waals surface area (Å²) >= 11 is 1.84. The van der Waals surface area contributed by atoms with E-state index >= 15 is 0 Å². The molecule has 2 aromatic heterocycles. The second-order valence-electron chi connectivity index (χ2n) is 5.74. The molecule has 1 aliphatic carbocycles. The number of aryl methyl sites for hydroxylation is 1. The molecular formula is C16H23N3S. The molecule has 1 N–H and O–H groups in total. The second-order valence-corrected chi connectivity index (χ2v) is 6.69. The zero-order valence-electron chi connectivity index (χ0n) is 12.3. The van der Waals surface area contributed by atoms with E-state index in [0.717, 1.165) is 6.42 Å². The lowest BCUT2D eigenvalue weighted by Gasteiger charge is -2.15. The molecule has 4 heteroatoms. The molecule has 0 saturated heterocycles. The highest BCUT2D eigenvalue weighted by molar-refractivity contribution is 7.10. The van der Waals surface area contributed by atoms with E-state index in [1.165, 1.54) is 41.8 Å². The van der Waals surface area contributed by atoms with E-state index in [4.69, 9.17) is 5.10 Å². The maximum Gasteiger partial charge on any atom is 0.0644 e. The number of thiophene rings is 1. The maximum atomic E-state index is 4.80. The van der Waals surface area contributed by atoms with Gasteiger partial charge in [-0.2, -0.15) is 5.10 Å². The summed E-state index contributed by atoms with van der Waals surface area (Å²) in [6.07, 6.45) is 8.43. The third-order valence-electron chi connectivity index (χ3n) is 4.34. The molecule has 0 radical (unpaired) electrons. The van der Waals surface area contributed by atoms with Crippen molar-refractivity contribution in [3.05, 3.63) is 39.8 Å². The molecule has 0 aromatic carbocycles. The molecule has 1 saturated carbocycles. The molecule has 2 heterocycles. The van der Waals surface area contributed by atoms with Crippen molar-refractivity contribution in [2.75, 3.05) is 7.05 Å². The Morgan fingerprint density at radius 3 is 2.85 bits per heavy atom. The van der Waals surface area contributed by atoms with Gasteiger partial charge in [-0.15, -0.1) is 11.3 Å². The number of likely N-dealkylation sites (N-methyl/N-ethyl adjacent to an activating group) is 1. The SMILES string of the molecule is CNC(Cc1ccn(C2CCCC2)n1)c1sccc1C. The molecule has 0 spiro atoms. The van der Waals surface area contributed by atoms with Crippen LogP contribution in [0.1, 0.15) is 53.9 Å². The lowest BCUT2D eigenvalue weighted by Crippen LogP contribution is -2.19. The van der Waals surface area contributed by atoms with Crippen LogP contribution in [0.4, 0.5) is 0 Å². The molecule has 0 amide bonds. The molecule has 1 aliphatic rings. The molecular weight excluding hydrogens is 266 g/mol. The Hall–Kier alpha value is -1.13. The van der Waals surface area contributed by atoms with E-state index < -0.39 is 0 Å². The molecule has 1 unspecified atom stereocenters. The topological polar surface area (TPSA) is 29.9 Å². The Bertz CT molecular complexity index is 552. The van der Waals surface area contributed by atoms with Gasteiger partial charge in [0.15, 0.2) is 0 Å². The predicted octanol–water partition coefficient (Wildman–Crippen LogP) is 3.87. The van der Waals surface area contributed by atoms with Crippen LogP contribution < -0.4 is 5.32 Å². The lowest BCUT2D eigenvalue weighted by molar-refractivity contribution is 0.459. The van der Waals surface area contributed by atoms with Gasteiger partial charge in [0.1, 0.15) is 0 Å². The van der Waals surface area contributed by atoms with Crippen LogP contribution in [0.15, 0.2) is 23.7 Å². The first-order valence-electron chi connectivity index (χ1n) is 7.53. The highest BCUT2D eigenvalue weighted by Gasteiger charge is 2.19. The highest BCUT2D eigenvalue weighted by atomic mass is 32.1. The fourth-order valence-electron chi connectivity index (χ4n) is 3.13. The van der Waals surface area contributed by atoms with E-state index in [2.05, 4.69) is 40.6 Å². The molecule has 108 valence electrons. The highest BCUT2D eigenvalue weighted by Crippen LogP contribution is 2.30. The van der Waals surface area contributed by atoms with E-state index in [0.29, 0.717) is 12.1 Å². The number of hydrogen-bond acceptors (Lipinski definition) is 3. The summed E-state index contributed by atoms with van der Waals surface area (Å²) in [5.74, 6) is 0. The van der Waals surface area contributed by atoms with Crippen LogP contribution in [0.2, 0.25) is 0 Å². The van der Waals surface area contributed by atoms with Crippen LogP contribution in [0, 0.1) is 6.92 Å². The number of nitrogens with one attached hydrogen (secondary N) is 1. The van der Waals surface area contributed by atoms with Crippen LogP contribution in [-0.2, 0) is 6.42 Å². The molecule has 3 nitrogen and oxygen atoms in total. The third-order valence-corrected chi connectivity index (χ3v) is 5.47. The van der Waals surface area contributed by atoms with Crippen molar-refractivity contribution in [1.82, 2.24) is 15.1 Å². The van der Waals surface area contributed by atoms with Gasteiger partial charge in [-0.1, -0.05) is 12.8 Å². The smallest absolute Gasteiger partial charge is 0.0644 e. The van der Waals surface area contributed by atoms with Gasteiger partial charge in [0, 0.05) is 23.5 Å². The largest absolute Gasteiger partial charge is 0.312 e. The summed E-state index contributed by atoms with van der Waals surface area (Å²) in [4.78, 5) is 1.43. The van der Waals surface area contributed by atoms with Crippen molar-refractivity contribution in [3.8, 4) is 0 Å². The Balaban J connectivity index is 1.71. The second kappa shape index (κ2) is 6.10. The van der Waals surface area contributed by atoms with Crippen LogP contribution in [-0.4, -0.2) is 16.8 Å². The van der Waals surface area contributed by atoms with Crippen molar-refractivity contribution < 1.29 is 0 Å². The summed E-state index contributed by atoms with van der Waals surface area (Å²) in [5.41, 5.74) is 2.58. The average Bonchev–Trinajstić information content (AvgIpc) is 3.17. The number of rotatable bonds is 5. The standard InChI is InChI=1S/C16H23N3S/c1-12-8-10-20-16(12)15(17-2)11-13-7-9-19(18-13)14-5-3-4-6-14/h7-10,14-15,17H,3-6,11H2,1-2H3. The maximum absolute atomic E-state index is 4.80. The molecule has 20 heavy (non-hydrogen) atoms. The van der Waals surface area contributed by atoms with E-state index in [1.807, 2.05) is 18.4 Å². The van der Waals surface area contributed by atoms with E-state index in [9.17, 15) is 0 Å². The van der Waals surface area contributed by atoms with Gasteiger partial charge >= 0.3 is 0 Å². The van der Waals surface area contributed by atoms with Gasteiger partial charge in [-0.3, -0.25) is 4.68 Å². The molecule has 3 rings (SSSR count). The Labute approximate surface area is 125 Å². The quantitative estimate of drug-likeness (QED) is 0.905. The zero-order chi connectivity index (χ0) is 13.9. The molecule has 0 bridgehead atoms. The van der Waals surface area contributed by atoms with Crippen LogP contribution in [0.25, 0.3) is 0 Å². The van der Waals surface area contributed by atoms with Gasteiger partial charge in [0.2, 0.25) is 0 Å². The third kappa shape index (κ3) is 2.81. The first kappa shape index (κ1) is 13.8. The van der Waals surface area contributed by atoms with Crippen molar-refractivity contribution in [2.24, 2.45) is 0 Å². The lowest BCUT2D eigenvalue weighted by atomic mass is 10.1. The predicted molar refractivity (Wildman–Crippen MR) is 84.3 cm³/mol. The Morgan fingerprint density at radius 1 is 1.40 bits per heavy atom. The van der Waals surface area contributed by atoms with Crippen LogP contribution in [0.3, 0.4) is 0 Å². The first-order chi connectivity index (χ1) is 9.78.